The first kappa shape index (κ1) is 30.6. The van der Waals surface area contributed by atoms with E-state index in [-0.39, 0.29) is 24.5 Å². The summed E-state index contributed by atoms with van der Waals surface area (Å²) < 4.78 is 46.2. The van der Waals surface area contributed by atoms with Crippen molar-refractivity contribution < 1.29 is 22.7 Å². The number of allylic oxidation sites excluding steroid dienone is 3. The Kier molecular flexibility index (Phi) is 11.5. The van der Waals surface area contributed by atoms with Gasteiger partial charge in [-0.3, -0.25) is 14.8 Å². The molecule has 0 aliphatic carbocycles. The Morgan fingerprint density at radius 2 is 1.97 bits per heavy atom. The van der Waals surface area contributed by atoms with Gasteiger partial charge in [-0.05, 0) is 63.8 Å². The number of hydrogen-bond acceptors (Lipinski definition) is 7. The maximum absolute atomic E-state index is 13.5. The normalized spacial score (nSPS) is 13.7. The van der Waals surface area contributed by atoms with Crippen LogP contribution in [0.4, 0.5) is 18.9 Å². The fourth-order valence-corrected chi connectivity index (χ4v) is 3.31. The van der Waals surface area contributed by atoms with Crippen molar-refractivity contribution in [2.24, 2.45) is 17.5 Å². The number of benzene rings is 1. The molecule has 0 aliphatic heterocycles. The number of nitrogens with zero attached hydrogens (tertiary/aromatic N) is 3. The number of ether oxygens (including phenoxy) is 1. The van der Waals surface area contributed by atoms with Crippen LogP contribution in [0.25, 0.3) is 5.70 Å². The maximum Gasteiger partial charge on any atom is 0.398 e. The summed E-state index contributed by atoms with van der Waals surface area (Å²) in [6, 6.07) is 8.30. The predicted molar refractivity (Wildman–Crippen MR) is 144 cm³/mol. The lowest BCUT2D eigenvalue weighted by molar-refractivity contribution is -0.149. The zero-order valence-corrected chi connectivity index (χ0v) is 22.0. The number of carbonyl (C=O) groups is 1. The molecular weight excluding hydrogens is 497 g/mol. The molecule has 0 fully saturated rings. The molecule has 0 radical (unpaired) electrons. The molecule has 0 bridgehead atoms. The van der Waals surface area contributed by atoms with E-state index in [1.54, 1.807) is 43.6 Å². The summed E-state index contributed by atoms with van der Waals surface area (Å²) in [4.78, 5) is 19.0. The van der Waals surface area contributed by atoms with Crippen LogP contribution in [0.15, 0.2) is 72.9 Å². The Morgan fingerprint density at radius 3 is 2.58 bits per heavy atom. The molecule has 11 heteroatoms. The van der Waals surface area contributed by atoms with Crippen LogP contribution in [-0.4, -0.2) is 55.8 Å². The van der Waals surface area contributed by atoms with Gasteiger partial charge in [0.25, 0.3) is 5.91 Å². The number of alkyl halides is 3. The van der Waals surface area contributed by atoms with Crippen LogP contribution in [0.2, 0.25) is 0 Å². The predicted octanol–water partition coefficient (Wildman–Crippen LogP) is 3.97. The number of carbonyl (C=O) groups excluding carboxylic acids is 1. The molecule has 8 nitrogen and oxygen atoms in total. The van der Waals surface area contributed by atoms with Gasteiger partial charge in [-0.15, -0.1) is 0 Å². The van der Waals surface area contributed by atoms with Crippen molar-refractivity contribution in [3.8, 4) is 0 Å². The van der Waals surface area contributed by atoms with Crippen molar-refractivity contribution in [2.75, 3.05) is 38.9 Å². The van der Waals surface area contributed by atoms with E-state index in [4.69, 9.17) is 16.3 Å². The van der Waals surface area contributed by atoms with Gasteiger partial charge >= 0.3 is 6.18 Å². The maximum atomic E-state index is 13.5. The van der Waals surface area contributed by atoms with Gasteiger partial charge in [0, 0.05) is 42.0 Å². The van der Waals surface area contributed by atoms with Crippen LogP contribution >= 0.6 is 0 Å². The van der Waals surface area contributed by atoms with Crippen molar-refractivity contribution >= 4 is 17.3 Å². The van der Waals surface area contributed by atoms with Crippen molar-refractivity contribution in [3.05, 3.63) is 89.5 Å². The fraction of sp³-hybridized carbons (Fsp3) is 0.333. The Morgan fingerprint density at radius 1 is 1.24 bits per heavy atom. The minimum atomic E-state index is -4.52. The quantitative estimate of drug-likeness (QED) is 0.164. The van der Waals surface area contributed by atoms with E-state index in [2.05, 4.69) is 10.3 Å². The minimum absolute atomic E-state index is 0.00151. The van der Waals surface area contributed by atoms with Gasteiger partial charge in [-0.1, -0.05) is 18.2 Å². The molecule has 0 aliphatic rings. The SMILES string of the molecule is CC=CC(/C=C(\COCCN(C)C)NC(=O)c1ccc(C)c(N(N)/C=C(\N)c2cccnc2)c1)C(F)(F)F. The zero-order chi connectivity index (χ0) is 28.3. The number of amides is 1. The summed E-state index contributed by atoms with van der Waals surface area (Å²) in [5, 5.41) is 3.86. The lowest BCUT2D eigenvalue weighted by Gasteiger charge is -2.20. The molecule has 5 N–H and O–H groups in total. The van der Waals surface area contributed by atoms with Crippen molar-refractivity contribution in [2.45, 2.75) is 20.0 Å². The molecule has 1 heterocycles. The van der Waals surface area contributed by atoms with Crippen molar-refractivity contribution in [1.29, 1.82) is 0 Å². The summed E-state index contributed by atoms with van der Waals surface area (Å²) in [6.45, 7) is 3.96. The van der Waals surface area contributed by atoms with Gasteiger partial charge in [-0.25, -0.2) is 5.84 Å². The Balaban J connectivity index is 2.30. The van der Waals surface area contributed by atoms with E-state index in [0.29, 0.717) is 23.5 Å². The van der Waals surface area contributed by atoms with Crippen LogP contribution in [0.5, 0.6) is 0 Å². The van der Waals surface area contributed by atoms with Gasteiger partial charge in [0.1, 0.15) is 0 Å². The number of likely N-dealkylation sites (N-methyl/N-ethyl adjacent to an activating group) is 1. The lowest BCUT2D eigenvalue weighted by atomic mass is 10.1. The van der Waals surface area contributed by atoms with Gasteiger partial charge < -0.3 is 20.7 Å². The molecule has 1 aromatic carbocycles. The first-order chi connectivity index (χ1) is 17.9. The standard InChI is InChI=1S/C27H35F3N6O2/c1-5-7-22(27(28,29)30)15-23(18-38-13-12-35(3)4)34-26(37)20-10-9-19(2)25(14-20)36(32)17-24(31)21-8-6-11-33-16-21/h5-11,14-17,22H,12-13,18,31-32H2,1-4H3,(H,34,37)/b7-5?,23-15+,24-17-. The van der Waals surface area contributed by atoms with E-state index in [0.717, 1.165) is 17.7 Å². The van der Waals surface area contributed by atoms with Gasteiger partial charge in [-0.2, -0.15) is 13.2 Å². The van der Waals surface area contributed by atoms with Crippen LogP contribution < -0.4 is 21.9 Å². The van der Waals surface area contributed by atoms with Crippen LogP contribution in [-0.2, 0) is 4.74 Å². The molecular formula is C27H35F3N6O2. The first-order valence-electron chi connectivity index (χ1n) is 11.9. The van der Waals surface area contributed by atoms with Crippen LogP contribution in [0.1, 0.15) is 28.4 Å². The molecule has 2 rings (SSSR count). The monoisotopic (exact) mass is 532 g/mol. The molecule has 206 valence electrons. The van der Waals surface area contributed by atoms with Gasteiger partial charge in [0.15, 0.2) is 0 Å². The highest BCUT2D eigenvalue weighted by atomic mass is 19.4. The second kappa shape index (κ2) is 14.3. The molecule has 1 atom stereocenters. The molecule has 1 amide bonds. The highest BCUT2D eigenvalue weighted by molar-refractivity contribution is 5.96. The largest absolute Gasteiger partial charge is 0.398 e. The van der Waals surface area contributed by atoms with Crippen LogP contribution in [0.3, 0.4) is 0 Å². The van der Waals surface area contributed by atoms with E-state index >= 15 is 0 Å². The third kappa shape index (κ3) is 9.66. The number of aryl methyl sites for hydroxylation is 1. The average molecular weight is 533 g/mol. The van der Waals surface area contributed by atoms with Crippen molar-refractivity contribution in [1.82, 2.24) is 15.2 Å². The Bertz CT molecular complexity index is 1150. The second-order valence-corrected chi connectivity index (χ2v) is 8.83. The second-order valence-electron chi connectivity index (χ2n) is 8.83. The smallest absolute Gasteiger partial charge is 0.397 e. The molecule has 0 saturated carbocycles. The summed E-state index contributed by atoms with van der Waals surface area (Å²) in [5.41, 5.74) is 8.59. The Labute approximate surface area is 221 Å². The van der Waals surface area contributed by atoms with Gasteiger partial charge in [0.2, 0.25) is 0 Å². The topological polar surface area (TPSA) is 110 Å². The first-order valence-corrected chi connectivity index (χ1v) is 11.9. The minimum Gasteiger partial charge on any atom is -0.397 e. The van der Waals surface area contributed by atoms with E-state index < -0.39 is 18.0 Å². The fourth-order valence-electron chi connectivity index (χ4n) is 3.31. The number of halogens is 3. The van der Waals surface area contributed by atoms with E-state index in [9.17, 15) is 18.0 Å². The average Bonchev–Trinajstić information content (AvgIpc) is 2.86. The van der Waals surface area contributed by atoms with Crippen LogP contribution in [0, 0.1) is 12.8 Å². The summed E-state index contributed by atoms with van der Waals surface area (Å²) >= 11 is 0. The van der Waals surface area contributed by atoms with Gasteiger partial charge in [0.05, 0.1) is 30.5 Å². The number of pyridine rings is 1. The zero-order valence-electron chi connectivity index (χ0n) is 22.0. The summed E-state index contributed by atoms with van der Waals surface area (Å²) in [7, 11) is 3.70. The van der Waals surface area contributed by atoms with Crippen molar-refractivity contribution in [3.63, 3.8) is 0 Å². The molecule has 1 aromatic heterocycles. The number of hydrogen-bond donors (Lipinski definition) is 3. The summed E-state index contributed by atoms with van der Waals surface area (Å²) in [5.74, 6) is 3.73. The number of nitrogens with one attached hydrogen (secondary N) is 1. The highest BCUT2D eigenvalue weighted by Gasteiger charge is 2.36. The van der Waals surface area contributed by atoms with E-state index in [1.807, 2.05) is 19.0 Å². The Hall–Kier alpha value is -3.67. The van der Waals surface area contributed by atoms with E-state index in [1.165, 1.54) is 30.3 Å². The molecule has 0 saturated heterocycles. The highest BCUT2D eigenvalue weighted by Crippen LogP contribution is 2.29. The third-order valence-electron chi connectivity index (χ3n) is 5.40. The third-order valence-corrected chi connectivity index (χ3v) is 5.40. The number of hydrazine groups is 1. The molecule has 0 spiro atoms. The summed E-state index contributed by atoms with van der Waals surface area (Å²) in [6.07, 6.45) is 3.46. The number of anilines is 1. The molecule has 38 heavy (non-hydrogen) atoms. The number of aromatic nitrogens is 1. The lowest BCUT2D eigenvalue weighted by Crippen LogP contribution is -2.30. The molecule has 1 unspecified atom stereocenters. The number of rotatable bonds is 12. The number of nitrogens with two attached hydrogens (primary N) is 2. The molecule has 2 aromatic rings.